The maximum Gasteiger partial charge on any atom is 0.305 e. The van der Waals surface area contributed by atoms with Crippen molar-refractivity contribution in [1.29, 1.82) is 0 Å². The Labute approximate surface area is 122 Å². The molecule has 1 heterocycles. The fraction of sp³-hybridized carbons (Fsp3) is 0.429. The van der Waals surface area contributed by atoms with Gasteiger partial charge >= 0.3 is 5.97 Å². The van der Waals surface area contributed by atoms with E-state index in [1.165, 1.54) is 28.3 Å². The largest absolute Gasteiger partial charge is 0.493 e. The summed E-state index contributed by atoms with van der Waals surface area (Å²) < 4.78 is 20.8. The number of nitrogens with zero attached hydrogens (tertiary/aromatic N) is 1. The van der Waals surface area contributed by atoms with Crippen LogP contribution >= 0.6 is 0 Å². The highest BCUT2D eigenvalue weighted by Crippen LogP contribution is 2.39. The number of rotatable bonds is 5. The van der Waals surface area contributed by atoms with Crippen LogP contribution in [0.4, 0.5) is 0 Å². The minimum Gasteiger partial charge on any atom is -0.493 e. The molecule has 0 fully saturated rings. The van der Waals surface area contributed by atoms with Crippen LogP contribution in [0.5, 0.6) is 17.2 Å². The van der Waals surface area contributed by atoms with Gasteiger partial charge in [0.15, 0.2) is 11.5 Å². The summed E-state index contributed by atoms with van der Waals surface area (Å²) in [6, 6.07) is 3.53. The number of carbonyl (C=O) groups excluding carboxylic acids is 1. The van der Waals surface area contributed by atoms with Gasteiger partial charge in [-0.1, -0.05) is 5.16 Å². The van der Waals surface area contributed by atoms with E-state index in [4.69, 9.17) is 23.8 Å². The van der Waals surface area contributed by atoms with Crippen LogP contribution in [0.25, 0.3) is 0 Å². The highest BCUT2D eigenvalue weighted by Gasteiger charge is 2.26. The molecule has 0 saturated carbocycles. The summed E-state index contributed by atoms with van der Waals surface area (Å²) >= 11 is 0. The first kappa shape index (κ1) is 15.0. The lowest BCUT2D eigenvalue weighted by Crippen LogP contribution is -2.16. The van der Waals surface area contributed by atoms with Crippen LogP contribution < -0.4 is 14.2 Å². The van der Waals surface area contributed by atoms with E-state index in [1.807, 2.05) is 0 Å². The maximum atomic E-state index is 10.9. The number of ether oxygens (including phenoxy) is 4. The van der Waals surface area contributed by atoms with E-state index in [1.54, 1.807) is 12.1 Å². The SMILES string of the molecule is COc1cc(C2=NOC(OC(C)=O)C2)cc(OC)c1OC. The molecular formula is C14H17NO6. The molecule has 0 bridgehead atoms. The monoisotopic (exact) mass is 295 g/mol. The predicted octanol–water partition coefficient (Wildman–Crippen LogP) is 1.73. The second kappa shape index (κ2) is 6.34. The molecule has 0 aliphatic carbocycles. The topological polar surface area (TPSA) is 75.6 Å². The third-order valence-corrected chi connectivity index (χ3v) is 2.94. The molecule has 1 aliphatic heterocycles. The predicted molar refractivity (Wildman–Crippen MR) is 73.9 cm³/mol. The van der Waals surface area contributed by atoms with Crippen molar-refractivity contribution in [3.05, 3.63) is 17.7 Å². The molecular weight excluding hydrogens is 278 g/mol. The van der Waals surface area contributed by atoms with Crippen LogP contribution in [-0.2, 0) is 14.4 Å². The molecule has 1 atom stereocenters. The third-order valence-electron chi connectivity index (χ3n) is 2.94. The quantitative estimate of drug-likeness (QED) is 0.770. The number of oxime groups is 1. The van der Waals surface area contributed by atoms with Crippen molar-refractivity contribution < 1.29 is 28.6 Å². The van der Waals surface area contributed by atoms with Gasteiger partial charge in [0.05, 0.1) is 33.5 Å². The van der Waals surface area contributed by atoms with Crippen molar-refractivity contribution in [3.63, 3.8) is 0 Å². The van der Waals surface area contributed by atoms with Gasteiger partial charge in [0.25, 0.3) is 6.29 Å². The zero-order valence-electron chi connectivity index (χ0n) is 12.3. The Morgan fingerprint density at radius 1 is 1.19 bits per heavy atom. The van der Waals surface area contributed by atoms with Crippen LogP contribution in [0, 0.1) is 0 Å². The van der Waals surface area contributed by atoms with Crippen LogP contribution in [0.1, 0.15) is 18.9 Å². The number of carbonyl (C=O) groups is 1. The lowest BCUT2D eigenvalue weighted by molar-refractivity contribution is -0.170. The second-order valence-corrected chi connectivity index (χ2v) is 4.30. The average Bonchev–Trinajstić information content (AvgIpc) is 2.93. The summed E-state index contributed by atoms with van der Waals surface area (Å²) in [5.41, 5.74) is 1.39. The summed E-state index contributed by atoms with van der Waals surface area (Å²) in [6.45, 7) is 1.32. The van der Waals surface area contributed by atoms with E-state index in [2.05, 4.69) is 5.16 Å². The first-order valence-corrected chi connectivity index (χ1v) is 6.29. The molecule has 7 heteroatoms. The van der Waals surface area contributed by atoms with E-state index in [0.29, 0.717) is 29.4 Å². The van der Waals surface area contributed by atoms with Gasteiger partial charge in [-0.2, -0.15) is 0 Å². The van der Waals surface area contributed by atoms with E-state index in [-0.39, 0.29) is 0 Å². The zero-order chi connectivity index (χ0) is 15.4. The first-order chi connectivity index (χ1) is 10.1. The van der Waals surface area contributed by atoms with Crippen molar-refractivity contribution in [1.82, 2.24) is 0 Å². The Balaban J connectivity index is 2.27. The number of benzene rings is 1. The average molecular weight is 295 g/mol. The number of methoxy groups -OCH3 is 3. The molecule has 2 rings (SSSR count). The number of hydrogen-bond acceptors (Lipinski definition) is 7. The lowest BCUT2D eigenvalue weighted by atomic mass is 10.1. The first-order valence-electron chi connectivity index (χ1n) is 6.29. The molecule has 1 unspecified atom stereocenters. The summed E-state index contributed by atoms with van der Waals surface area (Å²) in [6.07, 6.45) is -0.338. The van der Waals surface area contributed by atoms with Gasteiger partial charge in [0.1, 0.15) is 0 Å². The number of hydrogen-bond donors (Lipinski definition) is 0. The Morgan fingerprint density at radius 3 is 2.29 bits per heavy atom. The molecule has 21 heavy (non-hydrogen) atoms. The van der Waals surface area contributed by atoms with E-state index < -0.39 is 12.3 Å². The van der Waals surface area contributed by atoms with Gasteiger partial charge in [-0.25, -0.2) is 0 Å². The Hall–Kier alpha value is -2.44. The molecule has 1 aromatic rings. The maximum absolute atomic E-state index is 10.9. The van der Waals surface area contributed by atoms with E-state index in [0.717, 1.165) is 5.56 Å². The Kier molecular flexibility index (Phi) is 4.52. The van der Waals surface area contributed by atoms with Crippen LogP contribution in [-0.4, -0.2) is 39.3 Å². The molecule has 0 N–H and O–H groups in total. The standard InChI is InChI=1S/C14H17NO6/c1-8(16)20-13-7-10(15-21-13)9-5-11(17-2)14(19-4)12(6-9)18-3/h5-6,13H,7H2,1-4H3. The van der Waals surface area contributed by atoms with Crippen molar-refractivity contribution >= 4 is 11.7 Å². The fourth-order valence-electron chi connectivity index (χ4n) is 2.02. The van der Waals surface area contributed by atoms with Crippen LogP contribution in [0.3, 0.4) is 0 Å². The van der Waals surface area contributed by atoms with Gasteiger partial charge in [0, 0.05) is 12.5 Å². The summed E-state index contributed by atoms with van der Waals surface area (Å²) in [7, 11) is 4.61. The Morgan fingerprint density at radius 2 is 1.81 bits per heavy atom. The molecule has 0 amide bonds. The van der Waals surface area contributed by atoms with Crippen molar-refractivity contribution in [3.8, 4) is 17.2 Å². The van der Waals surface area contributed by atoms with Crippen molar-refractivity contribution in [2.75, 3.05) is 21.3 Å². The van der Waals surface area contributed by atoms with Crippen LogP contribution in [0.2, 0.25) is 0 Å². The third kappa shape index (κ3) is 3.18. The van der Waals surface area contributed by atoms with E-state index in [9.17, 15) is 4.79 Å². The molecule has 114 valence electrons. The minimum absolute atomic E-state index is 0.359. The molecule has 0 aromatic heterocycles. The molecule has 0 saturated heterocycles. The molecule has 0 spiro atoms. The van der Waals surface area contributed by atoms with Gasteiger partial charge in [-0.3, -0.25) is 4.79 Å². The second-order valence-electron chi connectivity index (χ2n) is 4.30. The zero-order valence-corrected chi connectivity index (χ0v) is 12.3. The highest BCUT2D eigenvalue weighted by molar-refractivity contribution is 6.02. The smallest absolute Gasteiger partial charge is 0.305 e. The summed E-state index contributed by atoms with van der Waals surface area (Å²) in [4.78, 5) is 16.0. The van der Waals surface area contributed by atoms with Crippen LogP contribution in [0.15, 0.2) is 17.3 Å². The molecule has 0 radical (unpaired) electrons. The molecule has 1 aliphatic rings. The molecule has 1 aromatic carbocycles. The van der Waals surface area contributed by atoms with Gasteiger partial charge in [-0.05, 0) is 12.1 Å². The number of esters is 1. The van der Waals surface area contributed by atoms with Gasteiger partial charge < -0.3 is 23.8 Å². The van der Waals surface area contributed by atoms with Crippen molar-refractivity contribution in [2.24, 2.45) is 5.16 Å². The van der Waals surface area contributed by atoms with Crippen molar-refractivity contribution in [2.45, 2.75) is 19.6 Å². The molecule has 7 nitrogen and oxygen atoms in total. The lowest BCUT2D eigenvalue weighted by Gasteiger charge is -2.13. The Bertz CT molecular complexity index is 544. The summed E-state index contributed by atoms with van der Waals surface area (Å²) in [5.74, 6) is 1.12. The highest BCUT2D eigenvalue weighted by atomic mass is 16.8. The van der Waals surface area contributed by atoms with E-state index >= 15 is 0 Å². The van der Waals surface area contributed by atoms with Gasteiger partial charge in [0.2, 0.25) is 5.75 Å². The summed E-state index contributed by atoms with van der Waals surface area (Å²) in [5, 5.41) is 3.93. The van der Waals surface area contributed by atoms with Gasteiger partial charge in [-0.15, -0.1) is 0 Å². The fourth-order valence-corrected chi connectivity index (χ4v) is 2.02. The normalized spacial score (nSPS) is 16.8. The minimum atomic E-state index is -0.698.